The SMILES string of the molecule is Cc1ccc(Cl)cc1N1CCN(C(=O)c2ccc(Cl)cc2Cl)CC1. The predicted molar refractivity (Wildman–Crippen MR) is 101 cm³/mol. The first-order chi connectivity index (χ1) is 11.5. The van der Waals surface area contributed by atoms with Gasteiger partial charge in [-0.3, -0.25) is 4.79 Å². The Hall–Kier alpha value is -1.42. The Balaban J connectivity index is 1.70. The van der Waals surface area contributed by atoms with Crippen LogP contribution in [0.25, 0.3) is 0 Å². The van der Waals surface area contributed by atoms with E-state index >= 15 is 0 Å². The number of nitrogens with zero attached hydrogens (tertiary/aromatic N) is 2. The second-order valence-electron chi connectivity index (χ2n) is 5.83. The molecule has 1 amide bonds. The van der Waals surface area contributed by atoms with Gasteiger partial charge in [-0.05, 0) is 42.8 Å². The highest BCUT2D eigenvalue weighted by Gasteiger charge is 2.24. The molecule has 126 valence electrons. The standard InChI is InChI=1S/C18H17Cl3N2O/c1-12-2-3-14(20)11-17(12)22-6-8-23(9-7-22)18(24)15-5-4-13(19)10-16(15)21/h2-5,10-11H,6-9H2,1H3. The molecule has 0 bridgehead atoms. The van der Waals surface area contributed by atoms with Gasteiger partial charge in [0.05, 0.1) is 10.6 Å². The van der Waals surface area contributed by atoms with Crippen molar-refractivity contribution in [3.63, 3.8) is 0 Å². The van der Waals surface area contributed by atoms with Crippen LogP contribution in [-0.2, 0) is 0 Å². The van der Waals surface area contributed by atoms with Gasteiger partial charge in [0.25, 0.3) is 5.91 Å². The molecule has 24 heavy (non-hydrogen) atoms. The summed E-state index contributed by atoms with van der Waals surface area (Å²) in [5, 5.41) is 1.64. The Bertz CT molecular complexity index is 771. The zero-order valence-electron chi connectivity index (χ0n) is 13.2. The molecule has 2 aromatic carbocycles. The molecule has 3 rings (SSSR count). The first kappa shape index (κ1) is 17.4. The molecule has 0 aromatic heterocycles. The molecule has 1 aliphatic rings. The Morgan fingerprint density at radius 2 is 1.54 bits per heavy atom. The Morgan fingerprint density at radius 1 is 0.917 bits per heavy atom. The maximum absolute atomic E-state index is 12.7. The largest absolute Gasteiger partial charge is 0.368 e. The lowest BCUT2D eigenvalue weighted by molar-refractivity contribution is 0.0747. The van der Waals surface area contributed by atoms with Gasteiger partial charge in [0, 0.05) is 41.9 Å². The Kier molecular flexibility index (Phi) is 5.24. The minimum Gasteiger partial charge on any atom is -0.368 e. The van der Waals surface area contributed by atoms with Crippen LogP contribution in [-0.4, -0.2) is 37.0 Å². The average Bonchev–Trinajstić information content (AvgIpc) is 2.57. The molecule has 0 saturated carbocycles. The Labute approximate surface area is 156 Å². The lowest BCUT2D eigenvalue weighted by atomic mass is 10.1. The third-order valence-corrected chi connectivity index (χ3v) is 5.02. The van der Waals surface area contributed by atoms with Crippen LogP contribution < -0.4 is 4.90 Å². The molecule has 1 fully saturated rings. The van der Waals surface area contributed by atoms with Crippen LogP contribution in [0, 0.1) is 6.92 Å². The van der Waals surface area contributed by atoms with Crippen LogP contribution in [0.15, 0.2) is 36.4 Å². The minimum absolute atomic E-state index is 0.0564. The van der Waals surface area contributed by atoms with Crippen molar-refractivity contribution in [1.82, 2.24) is 4.90 Å². The molecule has 1 heterocycles. The van der Waals surface area contributed by atoms with Crippen molar-refractivity contribution >= 4 is 46.4 Å². The smallest absolute Gasteiger partial charge is 0.255 e. The number of anilines is 1. The lowest BCUT2D eigenvalue weighted by Crippen LogP contribution is -2.49. The van der Waals surface area contributed by atoms with E-state index in [4.69, 9.17) is 34.8 Å². The highest BCUT2D eigenvalue weighted by Crippen LogP contribution is 2.27. The van der Waals surface area contributed by atoms with E-state index in [1.54, 1.807) is 18.2 Å². The summed E-state index contributed by atoms with van der Waals surface area (Å²) < 4.78 is 0. The molecular formula is C18H17Cl3N2O. The van der Waals surface area contributed by atoms with E-state index in [1.165, 1.54) is 5.56 Å². The quantitative estimate of drug-likeness (QED) is 0.735. The molecule has 0 radical (unpaired) electrons. The van der Waals surface area contributed by atoms with Gasteiger partial charge < -0.3 is 9.80 Å². The fourth-order valence-electron chi connectivity index (χ4n) is 2.91. The summed E-state index contributed by atoms with van der Waals surface area (Å²) in [6.45, 7) is 4.88. The van der Waals surface area contributed by atoms with Crippen molar-refractivity contribution in [2.75, 3.05) is 31.1 Å². The van der Waals surface area contributed by atoms with E-state index in [2.05, 4.69) is 11.8 Å². The van der Waals surface area contributed by atoms with Gasteiger partial charge >= 0.3 is 0 Å². The number of carbonyl (C=O) groups excluding carboxylic acids is 1. The monoisotopic (exact) mass is 382 g/mol. The van der Waals surface area contributed by atoms with E-state index in [0.717, 1.165) is 23.8 Å². The summed E-state index contributed by atoms with van der Waals surface area (Å²) in [6, 6.07) is 10.9. The van der Waals surface area contributed by atoms with E-state index in [1.807, 2.05) is 23.1 Å². The van der Waals surface area contributed by atoms with Crippen LogP contribution in [0.2, 0.25) is 15.1 Å². The zero-order valence-corrected chi connectivity index (χ0v) is 15.5. The van der Waals surface area contributed by atoms with E-state index in [-0.39, 0.29) is 5.91 Å². The second-order valence-corrected chi connectivity index (χ2v) is 7.11. The maximum atomic E-state index is 12.7. The third kappa shape index (κ3) is 3.64. The summed E-state index contributed by atoms with van der Waals surface area (Å²) in [6.07, 6.45) is 0. The number of halogens is 3. The number of hydrogen-bond acceptors (Lipinski definition) is 2. The predicted octanol–water partition coefficient (Wildman–Crippen LogP) is 4.92. The van der Waals surface area contributed by atoms with Crippen LogP contribution >= 0.6 is 34.8 Å². The van der Waals surface area contributed by atoms with Gasteiger partial charge in [-0.15, -0.1) is 0 Å². The lowest BCUT2D eigenvalue weighted by Gasteiger charge is -2.37. The van der Waals surface area contributed by atoms with E-state index in [0.29, 0.717) is 28.7 Å². The molecule has 0 spiro atoms. The Morgan fingerprint density at radius 3 is 2.21 bits per heavy atom. The number of rotatable bonds is 2. The highest BCUT2D eigenvalue weighted by molar-refractivity contribution is 6.36. The van der Waals surface area contributed by atoms with Crippen molar-refractivity contribution in [1.29, 1.82) is 0 Å². The van der Waals surface area contributed by atoms with Crippen LogP contribution in [0.3, 0.4) is 0 Å². The summed E-state index contributed by atoms with van der Waals surface area (Å²) in [5.74, 6) is -0.0564. The summed E-state index contributed by atoms with van der Waals surface area (Å²) in [4.78, 5) is 16.7. The second kappa shape index (κ2) is 7.22. The number of piperazine rings is 1. The van der Waals surface area contributed by atoms with Crippen LogP contribution in [0.5, 0.6) is 0 Å². The molecule has 0 unspecified atom stereocenters. The molecule has 1 aliphatic heterocycles. The van der Waals surface area contributed by atoms with E-state index < -0.39 is 0 Å². The van der Waals surface area contributed by atoms with Gasteiger partial charge in [-0.2, -0.15) is 0 Å². The van der Waals surface area contributed by atoms with Crippen molar-refractivity contribution in [2.24, 2.45) is 0 Å². The van der Waals surface area contributed by atoms with Crippen molar-refractivity contribution in [3.8, 4) is 0 Å². The van der Waals surface area contributed by atoms with Gasteiger partial charge in [-0.25, -0.2) is 0 Å². The first-order valence-corrected chi connectivity index (χ1v) is 8.84. The van der Waals surface area contributed by atoms with Crippen molar-refractivity contribution < 1.29 is 4.79 Å². The maximum Gasteiger partial charge on any atom is 0.255 e. The number of aryl methyl sites for hydroxylation is 1. The average molecular weight is 384 g/mol. The molecule has 3 nitrogen and oxygen atoms in total. The zero-order chi connectivity index (χ0) is 17.3. The fourth-order valence-corrected chi connectivity index (χ4v) is 3.56. The molecule has 0 aliphatic carbocycles. The summed E-state index contributed by atoms with van der Waals surface area (Å²) >= 11 is 18.2. The van der Waals surface area contributed by atoms with Crippen molar-refractivity contribution in [3.05, 3.63) is 62.6 Å². The molecule has 1 saturated heterocycles. The fraction of sp³-hybridized carbons (Fsp3) is 0.278. The van der Waals surface area contributed by atoms with Gasteiger partial charge in [-0.1, -0.05) is 40.9 Å². The van der Waals surface area contributed by atoms with Gasteiger partial charge in [0.2, 0.25) is 0 Å². The third-order valence-electron chi connectivity index (χ3n) is 4.24. The van der Waals surface area contributed by atoms with Gasteiger partial charge in [0.1, 0.15) is 0 Å². The van der Waals surface area contributed by atoms with Gasteiger partial charge in [0.15, 0.2) is 0 Å². The summed E-state index contributed by atoms with van der Waals surface area (Å²) in [5.41, 5.74) is 2.80. The molecule has 6 heteroatoms. The normalized spacial score (nSPS) is 14.8. The first-order valence-electron chi connectivity index (χ1n) is 7.71. The molecule has 0 N–H and O–H groups in total. The molecule has 0 atom stereocenters. The number of carbonyl (C=O) groups is 1. The molecular weight excluding hydrogens is 367 g/mol. The molecule has 2 aromatic rings. The van der Waals surface area contributed by atoms with Crippen LogP contribution in [0.4, 0.5) is 5.69 Å². The van der Waals surface area contributed by atoms with Crippen LogP contribution in [0.1, 0.15) is 15.9 Å². The summed E-state index contributed by atoms with van der Waals surface area (Å²) in [7, 11) is 0. The highest BCUT2D eigenvalue weighted by atomic mass is 35.5. The number of benzene rings is 2. The minimum atomic E-state index is -0.0564. The number of hydrogen-bond donors (Lipinski definition) is 0. The van der Waals surface area contributed by atoms with Crippen molar-refractivity contribution in [2.45, 2.75) is 6.92 Å². The topological polar surface area (TPSA) is 23.6 Å². The number of amides is 1. The van der Waals surface area contributed by atoms with E-state index in [9.17, 15) is 4.79 Å².